The normalized spacial score (nSPS) is 10.0. The molecule has 0 aliphatic rings. The van der Waals surface area contributed by atoms with Gasteiger partial charge >= 0.3 is 5.97 Å². The highest BCUT2D eigenvalue weighted by Crippen LogP contribution is 2.28. The number of benzene rings is 1. The van der Waals surface area contributed by atoms with Crippen molar-refractivity contribution in [2.75, 3.05) is 19.5 Å². The quantitative estimate of drug-likeness (QED) is 0.887. The van der Waals surface area contributed by atoms with Crippen molar-refractivity contribution in [3.05, 3.63) is 40.8 Å². The molecule has 2 rings (SSSR count). The van der Waals surface area contributed by atoms with Crippen LogP contribution in [0.15, 0.2) is 29.6 Å². The number of aromatic carboxylic acids is 1. The second kappa shape index (κ2) is 6.27. The number of methoxy groups -OCH3 is 2. The van der Waals surface area contributed by atoms with Crippen molar-refractivity contribution in [2.45, 2.75) is 0 Å². The summed E-state index contributed by atoms with van der Waals surface area (Å²) in [5, 5.41) is 13.5. The number of hydrogen-bond acceptors (Lipinski definition) is 5. The summed E-state index contributed by atoms with van der Waals surface area (Å²) in [6.45, 7) is 0. The van der Waals surface area contributed by atoms with Crippen molar-refractivity contribution in [1.29, 1.82) is 0 Å². The number of carboxylic acid groups (broad SMARTS) is 1. The lowest BCUT2D eigenvalue weighted by atomic mass is 10.1. The van der Waals surface area contributed by atoms with E-state index in [-0.39, 0.29) is 16.1 Å². The zero-order chi connectivity index (χ0) is 15.4. The van der Waals surface area contributed by atoms with Crippen LogP contribution in [-0.2, 0) is 0 Å². The van der Waals surface area contributed by atoms with Crippen LogP contribution in [0.3, 0.4) is 0 Å². The molecular formula is C14H13NO5S. The minimum absolute atomic E-state index is 0.0511. The van der Waals surface area contributed by atoms with Crippen LogP contribution in [0.2, 0.25) is 0 Å². The summed E-state index contributed by atoms with van der Waals surface area (Å²) in [7, 11) is 2.94. The van der Waals surface area contributed by atoms with Gasteiger partial charge in [0.2, 0.25) is 0 Å². The lowest BCUT2D eigenvalue weighted by Crippen LogP contribution is -2.14. The molecule has 0 radical (unpaired) electrons. The van der Waals surface area contributed by atoms with Gasteiger partial charge in [0.1, 0.15) is 16.5 Å². The highest BCUT2D eigenvalue weighted by atomic mass is 32.1. The van der Waals surface area contributed by atoms with Crippen molar-refractivity contribution < 1.29 is 24.2 Å². The number of thiophene rings is 1. The van der Waals surface area contributed by atoms with Gasteiger partial charge in [-0.25, -0.2) is 4.79 Å². The number of rotatable bonds is 5. The second-order valence-corrected chi connectivity index (χ2v) is 4.91. The Morgan fingerprint density at radius 2 is 1.90 bits per heavy atom. The predicted octanol–water partition coefficient (Wildman–Crippen LogP) is 2.72. The van der Waals surface area contributed by atoms with Gasteiger partial charge in [-0.05, 0) is 29.6 Å². The Hall–Kier alpha value is -2.54. The molecular weight excluding hydrogens is 294 g/mol. The first-order valence-corrected chi connectivity index (χ1v) is 6.79. The van der Waals surface area contributed by atoms with Crippen LogP contribution >= 0.6 is 11.3 Å². The summed E-state index contributed by atoms with van der Waals surface area (Å²) in [6, 6.07) is 6.25. The Balaban J connectivity index is 2.31. The Bertz CT molecular complexity index is 680. The molecule has 7 heteroatoms. The van der Waals surface area contributed by atoms with Gasteiger partial charge < -0.3 is 19.9 Å². The van der Waals surface area contributed by atoms with E-state index in [1.165, 1.54) is 26.4 Å². The number of ether oxygens (including phenoxy) is 2. The lowest BCUT2D eigenvalue weighted by molar-refractivity contribution is 0.0698. The van der Waals surface area contributed by atoms with Crippen molar-refractivity contribution in [1.82, 2.24) is 0 Å². The van der Waals surface area contributed by atoms with Crippen LogP contribution in [0.1, 0.15) is 20.7 Å². The van der Waals surface area contributed by atoms with Gasteiger partial charge in [0.05, 0.1) is 25.3 Å². The Labute approximate surface area is 124 Å². The molecule has 0 saturated heterocycles. The summed E-state index contributed by atoms with van der Waals surface area (Å²) < 4.78 is 10.2. The zero-order valence-electron chi connectivity index (χ0n) is 11.4. The average Bonchev–Trinajstić information content (AvgIpc) is 2.94. The number of hydrogen-bond donors (Lipinski definition) is 2. The van der Waals surface area contributed by atoms with E-state index in [2.05, 4.69) is 5.32 Å². The molecule has 1 aromatic carbocycles. The van der Waals surface area contributed by atoms with E-state index >= 15 is 0 Å². The van der Waals surface area contributed by atoms with Gasteiger partial charge in [-0.1, -0.05) is 0 Å². The maximum Gasteiger partial charge on any atom is 0.338 e. The summed E-state index contributed by atoms with van der Waals surface area (Å²) in [5.74, 6) is -0.674. The van der Waals surface area contributed by atoms with Crippen LogP contribution in [-0.4, -0.2) is 31.2 Å². The van der Waals surface area contributed by atoms with Gasteiger partial charge in [0, 0.05) is 0 Å². The van der Waals surface area contributed by atoms with E-state index in [1.807, 2.05) is 0 Å². The van der Waals surface area contributed by atoms with E-state index in [0.717, 1.165) is 11.3 Å². The highest BCUT2D eigenvalue weighted by Gasteiger charge is 2.18. The van der Waals surface area contributed by atoms with E-state index in [4.69, 9.17) is 14.6 Å². The smallest absolute Gasteiger partial charge is 0.338 e. The molecule has 2 aromatic rings. The number of carbonyl (C=O) groups is 2. The summed E-state index contributed by atoms with van der Waals surface area (Å²) in [4.78, 5) is 23.3. The highest BCUT2D eigenvalue weighted by molar-refractivity contribution is 7.14. The number of nitrogens with one attached hydrogen (secondary N) is 1. The van der Waals surface area contributed by atoms with Crippen molar-refractivity contribution in [3.8, 4) is 11.5 Å². The van der Waals surface area contributed by atoms with Gasteiger partial charge in [0.25, 0.3) is 5.91 Å². The molecule has 0 aliphatic carbocycles. The van der Waals surface area contributed by atoms with Crippen molar-refractivity contribution in [2.24, 2.45) is 0 Å². The predicted molar refractivity (Wildman–Crippen MR) is 78.8 cm³/mol. The van der Waals surface area contributed by atoms with Crippen LogP contribution in [0, 0.1) is 0 Å². The SMILES string of the molecule is COc1ccc(OC)c(C(=O)Nc2sccc2C(=O)O)c1. The molecule has 0 fully saturated rings. The fraction of sp³-hybridized carbons (Fsp3) is 0.143. The van der Waals surface area contributed by atoms with Crippen LogP contribution in [0.25, 0.3) is 0 Å². The van der Waals surface area contributed by atoms with E-state index in [1.54, 1.807) is 17.5 Å². The minimum Gasteiger partial charge on any atom is -0.497 e. The van der Waals surface area contributed by atoms with Gasteiger partial charge in [0.15, 0.2) is 0 Å². The molecule has 0 spiro atoms. The number of anilines is 1. The molecule has 1 aromatic heterocycles. The molecule has 21 heavy (non-hydrogen) atoms. The number of amides is 1. The second-order valence-electron chi connectivity index (χ2n) is 3.99. The van der Waals surface area contributed by atoms with Crippen LogP contribution in [0.5, 0.6) is 11.5 Å². The largest absolute Gasteiger partial charge is 0.497 e. The molecule has 2 N–H and O–H groups in total. The van der Waals surface area contributed by atoms with E-state index in [9.17, 15) is 9.59 Å². The Kier molecular flexibility index (Phi) is 4.44. The molecule has 0 unspecified atom stereocenters. The monoisotopic (exact) mass is 307 g/mol. The first-order chi connectivity index (χ1) is 10.1. The third-order valence-corrected chi connectivity index (χ3v) is 3.60. The van der Waals surface area contributed by atoms with Gasteiger partial charge in [-0.3, -0.25) is 4.79 Å². The number of carbonyl (C=O) groups excluding carboxylic acids is 1. The van der Waals surface area contributed by atoms with Gasteiger partial charge in [-0.2, -0.15) is 0 Å². The van der Waals surface area contributed by atoms with Crippen LogP contribution in [0.4, 0.5) is 5.00 Å². The Morgan fingerprint density at radius 1 is 1.14 bits per heavy atom. The fourth-order valence-electron chi connectivity index (χ4n) is 1.74. The number of carboxylic acids is 1. The maximum atomic E-state index is 12.3. The molecule has 110 valence electrons. The van der Waals surface area contributed by atoms with E-state index in [0.29, 0.717) is 11.5 Å². The Morgan fingerprint density at radius 3 is 2.52 bits per heavy atom. The summed E-state index contributed by atoms with van der Waals surface area (Å²) in [5.41, 5.74) is 0.316. The molecule has 1 heterocycles. The molecule has 6 nitrogen and oxygen atoms in total. The average molecular weight is 307 g/mol. The van der Waals surface area contributed by atoms with Crippen molar-refractivity contribution >= 4 is 28.2 Å². The standard InChI is InChI=1S/C14H13NO5S/c1-19-8-3-4-11(20-2)10(7-8)12(16)15-13-9(14(17)18)5-6-21-13/h3-7H,1-2H3,(H,15,16)(H,17,18). The van der Waals surface area contributed by atoms with Crippen LogP contribution < -0.4 is 14.8 Å². The maximum absolute atomic E-state index is 12.3. The third kappa shape index (κ3) is 3.14. The topological polar surface area (TPSA) is 84.9 Å². The minimum atomic E-state index is -1.09. The molecule has 0 aliphatic heterocycles. The first kappa shape index (κ1) is 14.9. The van der Waals surface area contributed by atoms with Crippen molar-refractivity contribution in [3.63, 3.8) is 0 Å². The molecule has 0 atom stereocenters. The first-order valence-electron chi connectivity index (χ1n) is 5.91. The lowest BCUT2D eigenvalue weighted by Gasteiger charge is -2.10. The van der Waals surface area contributed by atoms with E-state index < -0.39 is 11.9 Å². The third-order valence-electron chi connectivity index (χ3n) is 2.77. The molecule has 0 bridgehead atoms. The summed E-state index contributed by atoms with van der Waals surface area (Å²) >= 11 is 1.14. The summed E-state index contributed by atoms with van der Waals surface area (Å²) in [6.07, 6.45) is 0. The fourth-order valence-corrected chi connectivity index (χ4v) is 2.51. The zero-order valence-corrected chi connectivity index (χ0v) is 12.2. The molecule has 1 amide bonds. The molecule has 0 saturated carbocycles. The van der Waals surface area contributed by atoms with Gasteiger partial charge in [-0.15, -0.1) is 11.3 Å².